The van der Waals surface area contributed by atoms with Crippen molar-refractivity contribution in [2.75, 3.05) is 13.1 Å². The van der Waals surface area contributed by atoms with E-state index in [0.717, 1.165) is 56.1 Å². The van der Waals surface area contributed by atoms with Crippen LogP contribution >= 0.6 is 11.3 Å². The smallest absolute Gasteiger partial charge is 0.223 e. The Hall–Kier alpha value is -1.92. The number of nitrogens with one attached hydrogen (secondary N) is 1. The van der Waals surface area contributed by atoms with Crippen molar-refractivity contribution in [1.82, 2.24) is 15.2 Å². The Labute approximate surface area is 189 Å². The fourth-order valence-electron chi connectivity index (χ4n) is 5.07. The number of benzene rings is 1. The molecule has 1 aromatic carbocycles. The zero-order chi connectivity index (χ0) is 21.0. The summed E-state index contributed by atoms with van der Waals surface area (Å²) in [4.78, 5) is 19.6. The molecule has 1 N–H and O–H groups in total. The van der Waals surface area contributed by atoms with Crippen LogP contribution in [0.25, 0.3) is 0 Å². The van der Waals surface area contributed by atoms with Crippen molar-refractivity contribution in [3.05, 3.63) is 46.4 Å². The van der Waals surface area contributed by atoms with Gasteiger partial charge in [-0.25, -0.2) is 4.98 Å². The average molecular weight is 440 g/mol. The molecule has 1 aromatic heterocycles. The van der Waals surface area contributed by atoms with Gasteiger partial charge in [0.05, 0.1) is 12.1 Å². The Morgan fingerprint density at radius 2 is 2.06 bits per heavy atom. The zero-order valence-corrected chi connectivity index (χ0v) is 19.0. The highest BCUT2D eigenvalue weighted by Crippen LogP contribution is 2.35. The van der Waals surface area contributed by atoms with E-state index in [1.807, 2.05) is 11.6 Å². The molecule has 5 rings (SSSR count). The van der Waals surface area contributed by atoms with Crippen LogP contribution in [0.15, 0.2) is 35.8 Å². The van der Waals surface area contributed by atoms with Crippen molar-refractivity contribution in [3.8, 4) is 5.75 Å². The standard InChI is InChI=1S/C25H33N3O2S/c29-24(19-10-11-19)27-23(25-26-12-14-31-25)20-6-4-13-28(17-20)16-18-5-3-9-22(15-18)30-21-7-1-2-8-21/h3,5,9,12,14-15,19-21,23H,1-2,4,6-8,10-11,13,16-17H2,(H,27,29)/t20-,23+/m1/s1. The molecule has 0 unspecified atom stereocenters. The number of likely N-dealkylation sites (tertiary alicyclic amines) is 1. The number of piperidine rings is 1. The minimum atomic E-state index is 0.0351. The fourth-order valence-corrected chi connectivity index (χ4v) is 5.85. The number of carbonyl (C=O) groups is 1. The Kier molecular flexibility index (Phi) is 6.55. The van der Waals surface area contributed by atoms with Crippen LogP contribution in [0.2, 0.25) is 0 Å². The van der Waals surface area contributed by atoms with Crippen molar-refractivity contribution < 1.29 is 9.53 Å². The molecular formula is C25H33N3O2S. The van der Waals surface area contributed by atoms with Gasteiger partial charge in [0.15, 0.2) is 0 Å². The molecule has 2 aromatic rings. The van der Waals surface area contributed by atoms with E-state index in [1.54, 1.807) is 11.3 Å². The van der Waals surface area contributed by atoms with Crippen LogP contribution in [0.4, 0.5) is 0 Å². The van der Waals surface area contributed by atoms with Crippen LogP contribution in [0.1, 0.15) is 68.0 Å². The first-order chi connectivity index (χ1) is 15.2. The lowest BCUT2D eigenvalue weighted by Crippen LogP contribution is -2.43. The van der Waals surface area contributed by atoms with E-state index < -0.39 is 0 Å². The van der Waals surface area contributed by atoms with Gasteiger partial charge in [0.1, 0.15) is 10.8 Å². The van der Waals surface area contributed by atoms with Crippen molar-refractivity contribution in [3.63, 3.8) is 0 Å². The van der Waals surface area contributed by atoms with Crippen LogP contribution in [0.3, 0.4) is 0 Å². The van der Waals surface area contributed by atoms with Gasteiger partial charge in [-0.05, 0) is 81.5 Å². The highest BCUT2D eigenvalue weighted by atomic mass is 32.1. The molecular weight excluding hydrogens is 406 g/mol. The van der Waals surface area contributed by atoms with Gasteiger partial charge in [-0.15, -0.1) is 11.3 Å². The summed E-state index contributed by atoms with van der Waals surface area (Å²) in [6, 6.07) is 8.67. The summed E-state index contributed by atoms with van der Waals surface area (Å²) in [5.74, 6) is 1.86. The summed E-state index contributed by atoms with van der Waals surface area (Å²) in [6.45, 7) is 3.02. The van der Waals surface area contributed by atoms with Gasteiger partial charge < -0.3 is 10.1 Å². The van der Waals surface area contributed by atoms with E-state index >= 15 is 0 Å². The number of amides is 1. The summed E-state index contributed by atoms with van der Waals surface area (Å²) in [5.41, 5.74) is 1.31. The van der Waals surface area contributed by atoms with Crippen molar-refractivity contribution in [1.29, 1.82) is 0 Å². The van der Waals surface area contributed by atoms with Crippen LogP contribution < -0.4 is 10.1 Å². The van der Waals surface area contributed by atoms with Gasteiger partial charge in [0.2, 0.25) is 5.91 Å². The molecule has 166 valence electrons. The average Bonchev–Trinajstić information content (AvgIpc) is 3.25. The molecule has 2 heterocycles. The molecule has 5 nitrogen and oxygen atoms in total. The third-order valence-electron chi connectivity index (χ3n) is 6.89. The number of nitrogens with zero attached hydrogens (tertiary/aromatic N) is 2. The SMILES string of the molecule is O=C(N[C@H](c1nccs1)[C@@H]1CCCN(Cc2cccc(OC3CCCC3)c2)C1)C1CC1. The minimum Gasteiger partial charge on any atom is -0.490 e. The number of hydrogen-bond donors (Lipinski definition) is 1. The molecule has 6 heteroatoms. The molecule has 0 radical (unpaired) electrons. The van der Waals surface area contributed by atoms with Crippen molar-refractivity contribution in [2.24, 2.45) is 11.8 Å². The molecule has 1 saturated heterocycles. The molecule has 2 saturated carbocycles. The zero-order valence-electron chi connectivity index (χ0n) is 18.2. The third-order valence-corrected chi connectivity index (χ3v) is 7.74. The topological polar surface area (TPSA) is 54.5 Å². The monoisotopic (exact) mass is 439 g/mol. The molecule has 0 spiro atoms. The molecule has 3 fully saturated rings. The Bertz CT molecular complexity index is 861. The van der Waals surface area contributed by atoms with Crippen molar-refractivity contribution in [2.45, 2.75) is 70.1 Å². The van der Waals surface area contributed by atoms with Crippen LogP contribution in [0, 0.1) is 11.8 Å². The quantitative estimate of drug-likeness (QED) is 0.633. The molecule has 1 aliphatic heterocycles. The maximum Gasteiger partial charge on any atom is 0.223 e. The number of rotatable bonds is 8. The van der Waals surface area contributed by atoms with Crippen molar-refractivity contribution >= 4 is 17.2 Å². The molecule has 2 aliphatic carbocycles. The number of ether oxygens (including phenoxy) is 1. The number of carbonyl (C=O) groups excluding carboxylic acids is 1. The second-order valence-corrected chi connectivity index (χ2v) is 10.4. The van der Waals surface area contributed by atoms with Gasteiger partial charge in [0.25, 0.3) is 0 Å². The highest BCUT2D eigenvalue weighted by molar-refractivity contribution is 7.09. The normalized spacial score (nSPS) is 23.5. The lowest BCUT2D eigenvalue weighted by atomic mass is 9.90. The summed E-state index contributed by atoms with van der Waals surface area (Å²) in [7, 11) is 0. The molecule has 31 heavy (non-hydrogen) atoms. The largest absolute Gasteiger partial charge is 0.490 e. The summed E-state index contributed by atoms with van der Waals surface area (Å²) < 4.78 is 6.21. The first-order valence-electron chi connectivity index (χ1n) is 11.9. The Balaban J connectivity index is 1.23. The second-order valence-electron chi connectivity index (χ2n) is 9.44. The van der Waals surface area contributed by atoms with E-state index in [9.17, 15) is 4.79 Å². The molecule has 0 bridgehead atoms. The van der Waals surface area contributed by atoms with E-state index in [-0.39, 0.29) is 17.9 Å². The first kappa shape index (κ1) is 21.0. The minimum absolute atomic E-state index is 0.0351. The van der Waals surface area contributed by atoms with E-state index in [2.05, 4.69) is 39.5 Å². The molecule has 3 aliphatic rings. The summed E-state index contributed by atoms with van der Waals surface area (Å²) in [5, 5.41) is 6.41. The predicted octanol–water partition coefficient (Wildman–Crippen LogP) is 4.94. The van der Waals surface area contributed by atoms with Crippen LogP contribution in [-0.2, 0) is 11.3 Å². The second kappa shape index (κ2) is 9.70. The molecule has 1 amide bonds. The van der Waals surface area contributed by atoms with Gasteiger partial charge in [-0.3, -0.25) is 9.69 Å². The third kappa shape index (κ3) is 5.47. The number of hydrogen-bond acceptors (Lipinski definition) is 5. The van der Waals surface area contributed by atoms with Gasteiger partial charge in [-0.1, -0.05) is 12.1 Å². The van der Waals surface area contributed by atoms with Crippen LogP contribution in [0.5, 0.6) is 5.75 Å². The maximum absolute atomic E-state index is 12.5. The lowest BCUT2D eigenvalue weighted by molar-refractivity contribution is -0.123. The summed E-state index contributed by atoms with van der Waals surface area (Å²) >= 11 is 1.66. The highest BCUT2D eigenvalue weighted by Gasteiger charge is 2.36. The van der Waals surface area contributed by atoms with E-state index in [0.29, 0.717) is 12.0 Å². The van der Waals surface area contributed by atoms with E-state index in [4.69, 9.17) is 4.74 Å². The first-order valence-corrected chi connectivity index (χ1v) is 12.8. The Morgan fingerprint density at radius 3 is 2.84 bits per heavy atom. The van der Waals surface area contributed by atoms with Crippen LogP contribution in [-0.4, -0.2) is 35.0 Å². The predicted molar refractivity (Wildman–Crippen MR) is 123 cm³/mol. The molecule has 2 atom stereocenters. The summed E-state index contributed by atoms with van der Waals surface area (Å²) in [6.07, 6.45) is 11.6. The number of aromatic nitrogens is 1. The Morgan fingerprint density at radius 1 is 1.19 bits per heavy atom. The van der Waals surface area contributed by atoms with E-state index in [1.165, 1.54) is 31.2 Å². The fraction of sp³-hybridized carbons (Fsp3) is 0.600. The number of thiazole rings is 1. The van der Waals surface area contributed by atoms with Gasteiger partial charge in [0, 0.05) is 30.6 Å². The van der Waals surface area contributed by atoms with Gasteiger partial charge in [-0.2, -0.15) is 0 Å². The van der Waals surface area contributed by atoms with Gasteiger partial charge >= 0.3 is 0 Å². The maximum atomic E-state index is 12.5. The lowest BCUT2D eigenvalue weighted by Gasteiger charge is -2.36.